The summed E-state index contributed by atoms with van der Waals surface area (Å²) in [5.74, 6) is 0.663. The summed E-state index contributed by atoms with van der Waals surface area (Å²) in [6, 6.07) is 0.699. The van der Waals surface area contributed by atoms with Gasteiger partial charge in [0.05, 0.1) is 6.04 Å². The number of rotatable bonds is 3. The molecule has 0 radical (unpaired) electrons. The molecule has 2 saturated heterocycles. The number of nitrogens with one attached hydrogen (secondary N) is 1. The second kappa shape index (κ2) is 5.71. The SMILES string of the molecule is CCCN(C(=O)N1CCCC(C)C1)C1CNC1. The first kappa shape index (κ1) is 12.7. The Kier molecular flexibility index (Phi) is 4.26. The number of nitrogens with zero attached hydrogens (tertiary/aromatic N) is 2. The Morgan fingerprint density at radius 2 is 2.24 bits per heavy atom. The number of carbonyl (C=O) groups excluding carboxylic acids is 1. The van der Waals surface area contributed by atoms with E-state index in [1.165, 1.54) is 6.42 Å². The molecule has 0 bridgehead atoms. The molecule has 2 fully saturated rings. The highest BCUT2D eigenvalue weighted by Gasteiger charge is 2.32. The predicted octanol–water partition coefficient (Wildman–Crippen LogP) is 1.52. The third-order valence-electron chi connectivity index (χ3n) is 3.84. The second-order valence-electron chi connectivity index (χ2n) is 5.48. The number of amides is 2. The van der Waals surface area contributed by atoms with E-state index < -0.39 is 0 Å². The normalized spacial score (nSPS) is 25.5. The van der Waals surface area contributed by atoms with Crippen LogP contribution in [-0.4, -0.2) is 54.6 Å². The molecule has 4 heteroatoms. The molecule has 0 saturated carbocycles. The van der Waals surface area contributed by atoms with E-state index in [9.17, 15) is 4.79 Å². The molecule has 17 heavy (non-hydrogen) atoms. The monoisotopic (exact) mass is 239 g/mol. The minimum Gasteiger partial charge on any atom is -0.324 e. The van der Waals surface area contributed by atoms with Crippen LogP contribution in [-0.2, 0) is 0 Å². The smallest absolute Gasteiger partial charge is 0.320 e. The summed E-state index contributed by atoms with van der Waals surface area (Å²) < 4.78 is 0. The average molecular weight is 239 g/mol. The van der Waals surface area contributed by atoms with Crippen LogP contribution in [0.1, 0.15) is 33.1 Å². The van der Waals surface area contributed by atoms with Crippen molar-refractivity contribution in [3.8, 4) is 0 Å². The first-order valence-corrected chi connectivity index (χ1v) is 6.98. The minimum atomic E-state index is 0.268. The highest BCUT2D eigenvalue weighted by Crippen LogP contribution is 2.18. The molecule has 1 N–H and O–H groups in total. The Balaban J connectivity index is 1.94. The third-order valence-corrected chi connectivity index (χ3v) is 3.84. The van der Waals surface area contributed by atoms with E-state index in [4.69, 9.17) is 0 Å². The van der Waals surface area contributed by atoms with Gasteiger partial charge in [-0.3, -0.25) is 0 Å². The molecule has 0 aromatic heterocycles. The van der Waals surface area contributed by atoms with Crippen molar-refractivity contribution in [2.75, 3.05) is 32.7 Å². The Hall–Kier alpha value is -0.770. The number of carbonyl (C=O) groups is 1. The maximum Gasteiger partial charge on any atom is 0.320 e. The zero-order valence-corrected chi connectivity index (χ0v) is 11.1. The fraction of sp³-hybridized carbons (Fsp3) is 0.923. The average Bonchev–Trinajstić information content (AvgIpc) is 2.25. The highest BCUT2D eigenvalue weighted by atomic mass is 16.2. The van der Waals surface area contributed by atoms with Crippen molar-refractivity contribution in [1.82, 2.24) is 15.1 Å². The van der Waals surface area contributed by atoms with Crippen molar-refractivity contribution in [1.29, 1.82) is 0 Å². The Morgan fingerprint density at radius 3 is 2.76 bits per heavy atom. The highest BCUT2D eigenvalue weighted by molar-refractivity contribution is 5.75. The fourth-order valence-electron chi connectivity index (χ4n) is 2.71. The summed E-state index contributed by atoms with van der Waals surface area (Å²) in [6.45, 7) is 9.11. The number of urea groups is 1. The minimum absolute atomic E-state index is 0.268. The summed E-state index contributed by atoms with van der Waals surface area (Å²) >= 11 is 0. The van der Waals surface area contributed by atoms with Gasteiger partial charge in [-0.1, -0.05) is 13.8 Å². The van der Waals surface area contributed by atoms with Crippen molar-refractivity contribution in [3.63, 3.8) is 0 Å². The molecule has 1 unspecified atom stereocenters. The van der Waals surface area contributed by atoms with Gasteiger partial charge in [-0.05, 0) is 25.2 Å². The van der Waals surface area contributed by atoms with Crippen LogP contribution in [0.15, 0.2) is 0 Å². The van der Waals surface area contributed by atoms with Crippen LogP contribution in [0.2, 0.25) is 0 Å². The maximum absolute atomic E-state index is 12.5. The van der Waals surface area contributed by atoms with Gasteiger partial charge in [-0.2, -0.15) is 0 Å². The van der Waals surface area contributed by atoms with Gasteiger partial charge in [-0.15, -0.1) is 0 Å². The molecule has 0 aromatic rings. The van der Waals surface area contributed by atoms with E-state index in [2.05, 4.69) is 29.0 Å². The molecule has 2 aliphatic heterocycles. The lowest BCUT2D eigenvalue weighted by Crippen LogP contribution is -2.62. The van der Waals surface area contributed by atoms with Crippen LogP contribution in [0.5, 0.6) is 0 Å². The van der Waals surface area contributed by atoms with Gasteiger partial charge in [0.1, 0.15) is 0 Å². The third kappa shape index (κ3) is 2.92. The second-order valence-corrected chi connectivity index (χ2v) is 5.48. The van der Waals surface area contributed by atoms with Crippen LogP contribution in [0.25, 0.3) is 0 Å². The molecule has 0 aliphatic carbocycles. The molecule has 2 amide bonds. The molecular weight excluding hydrogens is 214 g/mol. The Labute approximate surface area is 104 Å². The molecule has 2 heterocycles. The van der Waals surface area contributed by atoms with Crippen LogP contribution >= 0.6 is 0 Å². The van der Waals surface area contributed by atoms with Crippen LogP contribution in [0, 0.1) is 5.92 Å². The van der Waals surface area contributed by atoms with Crippen molar-refractivity contribution in [2.45, 2.75) is 39.2 Å². The molecule has 2 rings (SSSR count). The number of hydrogen-bond donors (Lipinski definition) is 1. The topological polar surface area (TPSA) is 35.6 Å². The van der Waals surface area contributed by atoms with Crippen LogP contribution in [0.4, 0.5) is 4.79 Å². The van der Waals surface area contributed by atoms with Gasteiger partial charge in [0, 0.05) is 32.7 Å². The van der Waals surface area contributed by atoms with E-state index in [1.807, 2.05) is 0 Å². The molecule has 0 spiro atoms. The van der Waals surface area contributed by atoms with Crippen molar-refractivity contribution in [3.05, 3.63) is 0 Å². The molecule has 4 nitrogen and oxygen atoms in total. The lowest BCUT2D eigenvalue weighted by atomic mass is 10.0. The van der Waals surface area contributed by atoms with E-state index >= 15 is 0 Å². The maximum atomic E-state index is 12.5. The molecule has 2 aliphatic rings. The number of hydrogen-bond acceptors (Lipinski definition) is 2. The van der Waals surface area contributed by atoms with Gasteiger partial charge in [0.15, 0.2) is 0 Å². The molecule has 1 atom stereocenters. The van der Waals surface area contributed by atoms with Gasteiger partial charge in [0.2, 0.25) is 0 Å². The first-order chi connectivity index (χ1) is 8.22. The van der Waals surface area contributed by atoms with Gasteiger partial charge >= 0.3 is 6.03 Å². The van der Waals surface area contributed by atoms with Crippen LogP contribution < -0.4 is 5.32 Å². The molecule has 98 valence electrons. The lowest BCUT2D eigenvalue weighted by Gasteiger charge is -2.42. The zero-order valence-electron chi connectivity index (χ0n) is 11.1. The predicted molar refractivity (Wildman–Crippen MR) is 69.0 cm³/mol. The quantitative estimate of drug-likeness (QED) is 0.810. The first-order valence-electron chi connectivity index (χ1n) is 6.98. The summed E-state index contributed by atoms with van der Waals surface area (Å²) in [7, 11) is 0. The van der Waals surface area contributed by atoms with E-state index in [0.717, 1.165) is 45.6 Å². The summed E-state index contributed by atoms with van der Waals surface area (Å²) in [6.07, 6.45) is 3.48. The molecule has 0 aromatic carbocycles. The van der Waals surface area contributed by atoms with E-state index in [0.29, 0.717) is 12.0 Å². The van der Waals surface area contributed by atoms with Gasteiger partial charge in [-0.25, -0.2) is 4.79 Å². The van der Waals surface area contributed by atoms with Crippen molar-refractivity contribution < 1.29 is 4.79 Å². The van der Waals surface area contributed by atoms with E-state index in [1.54, 1.807) is 0 Å². The van der Waals surface area contributed by atoms with Crippen molar-refractivity contribution in [2.24, 2.45) is 5.92 Å². The number of likely N-dealkylation sites (tertiary alicyclic amines) is 1. The Bertz CT molecular complexity index is 265. The standard InChI is InChI=1S/C13H25N3O/c1-3-6-16(12-8-14-9-12)13(17)15-7-4-5-11(2)10-15/h11-12,14H,3-10H2,1-2H3. The summed E-state index contributed by atoms with van der Waals surface area (Å²) in [5, 5.41) is 3.25. The number of piperidine rings is 1. The van der Waals surface area contributed by atoms with E-state index in [-0.39, 0.29) is 6.03 Å². The van der Waals surface area contributed by atoms with Gasteiger partial charge in [0.25, 0.3) is 0 Å². The zero-order chi connectivity index (χ0) is 12.3. The Morgan fingerprint density at radius 1 is 1.47 bits per heavy atom. The van der Waals surface area contributed by atoms with Crippen LogP contribution in [0.3, 0.4) is 0 Å². The summed E-state index contributed by atoms with van der Waals surface area (Å²) in [5.41, 5.74) is 0. The lowest BCUT2D eigenvalue weighted by molar-refractivity contribution is 0.1000. The molecular formula is C13H25N3O. The summed E-state index contributed by atoms with van der Waals surface area (Å²) in [4.78, 5) is 16.6. The van der Waals surface area contributed by atoms with Gasteiger partial charge < -0.3 is 15.1 Å². The fourth-order valence-corrected chi connectivity index (χ4v) is 2.71. The van der Waals surface area contributed by atoms with Crippen molar-refractivity contribution >= 4 is 6.03 Å². The largest absolute Gasteiger partial charge is 0.324 e.